The van der Waals surface area contributed by atoms with Gasteiger partial charge in [0.25, 0.3) is 17.7 Å². The van der Waals surface area contributed by atoms with Gasteiger partial charge in [-0.25, -0.2) is 4.98 Å². The number of alkyl halides is 3. The van der Waals surface area contributed by atoms with Crippen LogP contribution in [0.1, 0.15) is 127 Å². The molecule has 2 aromatic carbocycles. The van der Waals surface area contributed by atoms with Crippen molar-refractivity contribution in [2.75, 3.05) is 42.9 Å². The van der Waals surface area contributed by atoms with Crippen molar-refractivity contribution in [3.63, 3.8) is 0 Å². The number of anilines is 2. The molecule has 0 bridgehead atoms. The van der Waals surface area contributed by atoms with Crippen LogP contribution in [0.5, 0.6) is 0 Å². The maximum Gasteiger partial charge on any atom is 0.433 e. The minimum Gasteiger partial charge on any atom is -0.386 e. The fourth-order valence-corrected chi connectivity index (χ4v) is 10.5. The van der Waals surface area contributed by atoms with Gasteiger partial charge in [0.05, 0.1) is 28.3 Å². The van der Waals surface area contributed by atoms with Gasteiger partial charge in [-0.3, -0.25) is 28.8 Å². The molecule has 1 saturated carbocycles. The van der Waals surface area contributed by atoms with Gasteiger partial charge < -0.3 is 30.6 Å². The number of nitrogens with zero attached hydrogens (tertiary/aromatic N) is 6. The summed E-state index contributed by atoms with van der Waals surface area (Å²) in [6.07, 6.45) is 5.51. The SMILES string of the molecule is CC(C)(O)c1cc2nn(C3CCN(CC4CCC5(CC4)CCN(c4ccc6c(c4)C(=O)N(C4CCC(O)NC4=O)C6=O)CC5)CC3)cc2cc1NC(=O)c1cccc(C(F)(F)F)n1. The maximum atomic E-state index is 13.4. The number of pyridine rings is 1. The van der Waals surface area contributed by atoms with Crippen LogP contribution in [0.4, 0.5) is 24.5 Å². The van der Waals surface area contributed by atoms with Crippen LogP contribution in [0.15, 0.2) is 54.7 Å². The van der Waals surface area contributed by atoms with Crippen LogP contribution in [0.3, 0.4) is 0 Å². The molecule has 2 atom stereocenters. The van der Waals surface area contributed by atoms with E-state index in [0.29, 0.717) is 33.5 Å². The molecule has 3 saturated heterocycles. The van der Waals surface area contributed by atoms with E-state index >= 15 is 0 Å². The van der Waals surface area contributed by atoms with Crippen molar-refractivity contribution < 1.29 is 42.6 Å². The van der Waals surface area contributed by atoms with Gasteiger partial charge in [-0.1, -0.05) is 6.07 Å². The van der Waals surface area contributed by atoms with Gasteiger partial charge in [0.15, 0.2) is 0 Å². The summed E-state index contributed by atoms with van der Waals surface area (Å²) in [6.45, 7) is 7.86. The zero-order valence-electron chi connectivity index (χ0n) is 35.5. The summed E-state index contributed by atoms with van der Waals surface area (Å²) >= 11 is 0. The molecule has 4 aromatic rings. The zero-order chi connectivity index (χ0) is 44.4. The third-order valence-corrected chi connectivity index (χ3v) is 14.2. The second-order valence-corrected chi connectivity index (χ2v) is 18.8. The summed E-state index contributed by atoms with van der Waals surface area (Å²) in [6, 6.07) is 11.2. The van der Waals surface area contributed by atoms with Crippen molar-refractivity contribution >= 4 is 45.9 Å². The smallest absolute Gasteiger partial charge is 0.386 e. The normalized spacial score (nSPS) is 22.8. The Labute approximate surface area is 362 Å². The van der Waals surface area contributed by atoms with Gasteiger partial charge in [-0.2, -0.15) is 18.3 Å². The van der Waals surface area contributed by atoms with Crippen LogP contribution in [-0.4, -0.2) is 103 Å². The number of amides is 4. The second kappa shape index (κ2) is 16.3. The van der Waals surface area contributed by atoms with Crippen molar-refractivity contribution in [1.82, 2.24) is 29.9 Å². The summed E-state index contributed by atoms with van der Waals surface area (Å²) < 4.78 is 41.8. The number of hydrogen-bond acceptors (Lipinski definition) is 10. The molecule has 6 heterocycles. The molecule has 0 radical (unpaired) electrons. The highest BCUT2D eigenvalue weighted by Gasteiger charge is 2.45. The molecule has 5 aliphatic rings. The lowest BCUT2D eigenvalue weighted by molar-refractivity contribution is -0.141. The van der Waals surface area contributed by atoms with E-state index in [4.69, 9.17) is 5.10 Å². The second-order valence-electron chi connectivity index (χ2n) is 18.8. The average Bonchev–Trinajstić information content (AvgIpc) is 3.78. The summed E-state index contributed by atoms with van der Waals surface area (Å²) in [5.41, 5.74) is 0.233. The molecule has 9 rings (SSSR count). The van der Waals surface area contributed by atoms with Gasteiger partial charge in [-0.15, -0.1) is 0 Å². The van der Waals surface area contributed by atoms with E-state index < -0.39 is 53.4 Å². The molecule has 2 aromatic heterocycles. The molecule has 17 heteroatoms. The van der Waals surface area contributed by atoms with Gasteiger partial charge in [0, 0.05) is 61.2 Å². The number of nitrogens with one attached hydrogen (secondary N) is 2. The molecule has 4 fully saturated rings. The number of imide groups is 1. The van der Waals surface area contributed by atoms with Crippen molar-refractivity contribution in [2.45, 2.75) is 108 Å². The van der Waals surface area contributed by atoms with Crippen LogP contribution in [0.2, 0.25) is 0 Å². The standard InChI is InChI=1S/C46H53F3N8O6/c1-44(2,63)33-24-35-28(22-36(33)51-40(59)34-4-3-5-38(50-34)46(47,48)49)26-56(53-35)29-12-18-54(19-13-29)25-27-10-14-45(15-11-27)16-20-55(21-17-45)30-6-7-31-32(23-30)43(62)57(42(31)61)37-8-9-39(58)52-41(37)60/h3-7,22-24,26-27,29,37,39,58,63H,8-21,25H2,1-2H3,(H,51,59)(H,52,60). The number of piperidine rings is 3. The number of fused-ring (bicyclic) bond motifs is 2. The third-order valence-electron chi connectivity index (χ3n) is 14.2. The van der Waals surface area contributed by atoms with Crippen molar-refractivity contribution in [3.8, 4) is 0 Å². The largest absolute Gasteiger partial charge is 0.433 e. The summed E-state index contributed by atoms with van der Waals surface area (Å²) in [5, 5.41) is 31.5. The Balaban J connectivity index is 0.765. The fraction of sp³-hybridized carbons (Fsp3) is 0.522. The Morgan fingerprint density at radius 3 is 2.29 bits per heavy atom. The zero-order valence-corrected chi connectivity index (χ0v) is 35.5. The number of benzene rings is 2. The molecule has 63 heavy (non-hydrogen) atoms. The Morgan fingerprint density at radius 2 is 1.60 bits per heavy atom. The maximum absolute atomic E-state index is 13.4. The highest BCUT2D eigenvalue weighted by atomic mass is 19.4. The van der Waals surface area contributed by atoms with Crippen LogP contribution < -0.4 is 15.5 Å². The van der Waals surface area contributed by atoms with E-state index in [0.717, 1.165) is 86.5 Å². The number of aromatic nitrogens is 3. The number of hydrogen-bond donors (Lipinski definition) is 4. The molecular formula is C46H53F3N8O6. The number of rotatable bonds is 8. The van der Waals surface area contributed by atoms with Crippen LogP contribution in [0, 0.1) is 11.3 Å². The van der Waals surface area contributed by atoms with Gasteiger partial charge in [0.1, 0.15) is 23.7 Å². The quantitative estimate of drug-likeness (QED) is 0.149. The van der Waals surface area contributed by atoms with Crippen LogP contribution in [0.25, 0.3) is 10.9 Å². The van der Waals surface area contributed by atoms with Gasteiger partial charge in [-0.05, 0) is 132 Å². The monoisotopic (exact) mass is 870 g/mol. The van der Waals surface area contributed by atoms with Crippen molar-refractivity contribution in [3.05, 3.63) is 82.8 Å². The molecule has 334 valence electrons. The predicted molar refractivity (Wildman–Crippen MR) is 227 cm³/mol. The van der Waals surface area contributed by atoms with E-state index in [9.17, 15) is 42.6 Å². The lowest BCUT2D eigenvalue weighted by atomic mass is 9.65. The number of aliphatic hydroxyl groups is 2. The molecule has 2 unspecified atom stereocenters. The van der Waals surface area contributed by atoms with Crippen molar-refractivity contribution in [1.29, 1.82) is 0 Å². The molecule has 4 N–H and O–H groups in total. The first-order chi connectivity index (χ1) is 29.9. The number of carbonyl (C=O) groups is 4. The molecule has 1 spiro atoms. The fourth-order valence-electron chi connectivity index (χ4n) is 10.5. The van der Waals surface area contributed by atoms with Gasteiger partial charge >= 0.3 is 6.18 Å². The molecule has 1 aliphatic carbocycles. The Hall–Kier alpha value is -5.39. The molecular weight excluding hydrogens is 818 g/mol. The predicted octanol–water partition coefficient (Wildman–Crippen LogP) is 6.24. The molecule has 4 amide bonds. The highest BCUT2D eigenvalue weighted by molar-refractivity contribution is 6.23. The number of carbonyl (C=O) groups excluding carboxylic acids is 4. The number of aliphatic hydroxyl groups excluding tert-OH is 1. The first-order valence-corrected chi connectivity index (χ1v) is 22.0. The number of likely N-dealkylation sites (tertiary alicyclic amines) is 1. The summed E-state index contributed by atoms with van der Waals surface area (Å²) in [7, 11) is 0. The molecule has 4 aliphatic heterocycles. The van der Waals surface area contributed by atoms with Crippen molar-refractivity contribution in [2.24, 2.45) is 11.3 Å². The Bertz CT molecular complexity index is 2440. The van der Waals surface area contributed by atoms with E-state index in [1.807, 2.05) is 16.9 Å². The minimum absolute atomic E-state index is 0.169. The third kappa shape index (κ3) is 8.54. The Kier molecular flexibility index (Phi) is 11.1. The van der Waals surface area contributed by atoms with E-state index in [-0.39, 0.29) is 30.3 Å². The van der Waals surface area contributed by atoms with E-state index in [1.54, 1.807) is 38.1 Å². The summed E-state index contributed by atoms with van der Waals surface area (Å²) in [5.74, 6) is -1.62. The highest BCUT2D eigenvalue weighted by Crippen LogP contribution is 2.47. The van der Waals surface area contributed by atoms with Crippen LogP contribution >= 0.6 is 0 Å². The summed E-state index contributed by atoms with van der Waals surface area (Å²) in [4.78, 5) is 61.7. The number of halogens is 3. The van der Waals surface area contributed by atoms with Crippen LogP contribution in [-0.2, 0) is 16.6 Å². The van der Waals surface area contributed by atoms with Gasteiger partial charge in [0.2, 0.25) is 5.91 Å². The first kappa shape index (κ1) is 42.9. The lowest BCUT2D eigenvalue weighted by Crippen LogP contribution is -2.55. The Morgan fingerprint density at radius 1 is 0.889 bits per heavy atom. The lowest BCUT2D eigenvalue weighted by Gasteiger charge is -2.47. The molecule has 14 nitrogen and oxygen atoms in total. The average molecular weight is 871 g/mol. The topological polar surface area (TPSA) is 173 Å². The van der Waals surface area contributed by atoms with E-state index in [1.165, 1.54) is 31.7 Å². The minimum atomic E-state index is -4.70. The first-order valence-electron chi connectivity index (χ1n) is 22.0. The van der Waals surface area contributed by atoms with E-state index in [2.05, 4.69) is 25.4 Å².